The van der Waals surface area contributed by atoms with Gasteiger partial charge in [0.2, 0.25) is 11.0 Å². The standard InChI is InChI=1S/C12H12ClN3OS/c13-10-6-4-9(5-7-10)2-1-3-11(17)15-12-16-14-8-18-12/h4-8H,1-3H2,(H,15,16,17). The molecule has 1 amide bonds. The largest absolute Gasteiger partial charge is 0.301 e. The van der Waals surface area contributed by atoms with Crippen LogP contribution in [0.25, 0.3) is 0 Å². The molecule has 2 rings (SSSR count). The maximum absolute atomic E-state index is 11.6. The number of halogens is 1. The third-order valence-corrected chi connectivity index (χ3v) is 3.25. The molecule has 0 aliphatic rings. The monoisotopic (exact) mass is 281 g/mol. The SMILES string of the molecule is O=C(CCCc1ccc(Cl)cc1)Nc1nncs1. The number of hydrogen-bond donors (Lipinski definition) is 1. The van der Waals surface area contributed by atoms with E-state index >= 15 is 0 Å². The van der Waals surface area contributed by atoms with Crippen molar-refractivity contribution in [1.82, 2.24) is 10.2 Å². The Morgan fingerprint density at radius 2 is 2.11 bits per heavy atom. The van der Waals surface area contributed by atoms with Crippen molar-refractivity contribution in [3.63, 3.8) is 0 Å². The third-order valence-electron chi connectivity index (χ3n) is 2.39. The third kappa shape index (κ3) is 4.09. The first-order valence-electron chi connectivity index (χ1n) is 5.54. The fourth-order valence-corrected chi connectivity index (χ4v) is 2.10. The highest BCUT2D eigenvalue weighted by atomic mass is 35.5. The number of aromatic nitrogens is 2. The second kappa shape index (κ2) is 6.47. The molecule has 1 heterocycles. The van der Waals surface area contributed by atoms with Crippen LogP contribution >= 0.6 is 22.9 Å². The van der Waals surface area contributed by atoms with E-state index in [2.05, 4.69) is 15.5 Å². The summed E-state index contributed by atoms with van der Waals surface area (Å²) >= 11 is 7.11. The predicted molar refractivity (Wildman–Crippen MR) is 72.9 cm³/mol. The van der Waals surface area contributed by atoms with E-state index in [1.165, 1.54) is 16.9 Å². The minimum atomic E-state index is -0.0271. The van der Waals surface area contributed by atoms with E-state index in [0.29, 0.717) is 11.6 Å². The zero-order valence-electron chi connectivity index (χ0n) is 9.60. The van der Waals surface area contributed by atoms with Crippen LogP contribution in [-0.4, -0.2) is 16.1 Å². The molecule has 1 aromatic heterocycles. The quantitative estimate of drug-likeness (QED) is 0.916. The Hall–Kier alpha value is -1.46. The molecular weight excluding hydrogens is 270 g/mol. The van der Waals surface area contributed by atoms with Gasteiger partial charge in [-0.1, -0.05) is 35.1 Å². The van der Waals surface area contributed by atoms with E-state index in [-0.39, 0.29) is 5.91 Å². The van der Waals surface area contributed by atoms with Crippen LogP contribution in [0.4, 0.5) is 5.13 Å². The summed E-state index contributed by atoms with van der Waals surface area (Å²) in [7, 11) is 0. The van der Waals surface area contributed by atoms with E-state index < -0.39 is 0 Å². The summed E-state index contributed by atoms with van der Waals surface area (Å²) in [5, 5.41) is 11.4. The van der Waals surface area contributed by atoms with Gasteiger partial charge in [0, 0.05) is 11.4 Å². The first-order chi connectivity index (χ1) is 8.74. The molecular formula is C12H12ClN3OS. The highest BCUT2D eigenvalue weighted by Crippen LogP contribution is 2.12. The molecule has 0 spiro atoms. The van der Waals surface area contributed by atoms with Crippen LogP contribution in [0.2, 0.25) is 5.02 Å². The first-order valence-corrected chi connectivity index (χ1v) is 6.80. The van der Waals surface area contributed by atoms with Crippen LogP contribution in [0.3, 0.4) is 0 Å². The lowest BCUT2D eigenvalue weighted by molar-refractivity contribution is -0.116. The number of benzene rings is 1. The van der Waals surface area contributed by atoms with Gasteiger partial charge >= 0.3 is 0 Å². The van der Waals surface area contributed by atoms with Crippen LogP contribution in [-0.2, 0) is 11.2 Å². The molecule has 6 heteroatoms. The minimum absolute atomic E-state index is 0.0271. The Labute approximate surface area is 114 Å². The molecule has 94 valence electrons. The fourth-order valence-electron chi connectivity index (χ4n) is 1.51. The lowest BCUT2D eigenvalue weighted by Gasteiger charge is -2.02. The number of anilines is 1. The molecule has 0 aliphatic carbocycles. The van der Waals surface area contributed by atoms with Crippen molar-refractivity contribution in [3.8, 4) is 0 Å². The molecule has 0 atom stereocenters. The molecule has 0 saturated heterocycles. The van der Waals surface area contributed by atoms with E-state index in [1.54, 1.807) is 5.51 Å². The molecule has 0 bridgehead atoms. The summed E-state index contributed by atoms with van der Waals surface area (Å²) < 4.78 is 0. The molecule has 0 radical (unpaired) electrons. The smallest absolute Gasteiger partial charge is 0.226 e. The molecule has 1 aromatic carbocycles. The topological polar surface area (TPSA) is 54.9 Å². The number of nitrogens with one attached hydrogen (secondary N) is 1. The van der Waals surface area contributed by atoms with Gasteiger partial charge in [0.05, 0.1) is 0 Å². The lowest BCUT2D eigenvalue weighted by atomic mass is 10.1. The summed E-state index contributed by atoms with van der Waals surface area (Å²) in [5.41, 5.74) is 2.77. The molecule has 0 aliphatic heterocycles. The van der Waals surface area contributed by atoms with Crippen LogP contribution in [0.5, 0.6) is 0 Å². The molecule has 0 saturated carbocycles. The van der Waals surface area contributed by atoms with Crippen molar-refractivity contribution < 1.29 is 4.79 Å². The number of carbonyl (C=O) groups is 1. The molecule has 2 aromatic rings. The van der Waals surface area contributed by atoms with E-state index in [1.807, 2.05) is 24.3 Å². The van der Waals surface area contributed by atoms with E-state index in [9.17, 15) is 4.79 Å². The highest BCUT2D eigenvalue weighted by molar-refractivity contribution is 7.13. The van der Waals surface area contributed by atoms with Gasteiger partial charge in [-0.15, -0.1) is 10.2 Å². The zero-order chi connectivity index (χ0) is 12.8. The van der Waals surface area contributed by atoms with Gasteiger partial charge in [-0.25, -0.2) is 0 Å². The summed E-state index contributed by atoms with van der Waals surface area (Å²) in [6, 6.07) is 7.67. The number of rotatable bonds is 5. The van der Waals surface area contributed by atoms with Gasteiger partial charge in [0.15, 0.2) is 0 Å². The van der Waals surface area contributed by atoms with Gasteiger partial charge < -0.3 is 5.32 Å². The molecule has 18 heavy (non-hydrogen) atoms. The van der Waals surface area contributed by atoms with Gasteiger partial charge in [-0.05, 0) is 30.5 Å². The van der Waals surface area contributed by atoms with Crippen molar-refractivity contribution >= 4 is 34.0 Å². The summed E-state index contributed by atoms with van der Waals surface area (Å²) in [4.78, 5) is 11.6. The normalized spacial score (nSPS) is 10.3. The van der Waals surface area contributed by atoms with Crippen LogP contribution in [0.1, 0.15) is 18.4 Å². The first kappa shape index (κ1) is 13.0. The van der Waals surface area contributed by atoms with Crippen LogP contribution in [0.15, 0.2) is 29.8 Å². The summed E-state index contributed by atoms with van der Waals surface area (Å²) in [6.07, 6.45) is 2.13. The minimum Gasteiger partial charge on any atom is -0.301 e. The van der Waals surface area contributed by atoms with Crippen molar-refractivity contribution in [2.24, 2.45) is 0 Å². The van der Waals surface area contributed by atoms with Gasteiger partial charge in [0.25, 0.3) is 0 Å². The van der Waals surface area contributed by atoms with E-state index in [0.717, 1.165) is 17.9 Å². The van der Waals surface area contributed by atoms with Gasteiger partial charge in [-0.3, -0.25) is 4.79 Å². The highest BCUT2D eigenvalue weighted by Gasteiger charge is 2.04. The molecule has 1 N–H and O–H groups in total. The second-order valence-electron chi connectivity index (χ2n) is 3.77. The van der Waals surface area contributed by atoms with Gasteiger partial charge in [0.1, 0.15) is 5.51 Å². The van der Waals surface area contributed by atoms with Gasteiger partial charge in [-0.2, -0.15) is 0 Å². The Kier molecular flexibility index (Phi) is 4.66. The van der Waals surface area contributed by atoms with Crippen LogP contribution < -0.4 is 5.32 Å². The lowest BCUT2D eigenvalue weighted by Crippen LogP contribution is -2.11. The van der Waals surface area contributed by atoms with E-state index in [4.69, 9.17) is 11.6 Å². The fraction of sp³-hybridized carbons (Fsp3) is 0.250. The Bertz CT molecular complexity index is 499. The summed E-state index contributed by atoms with van der Waals surface area (Å²) in [6.45, 7) is 0. The Morgan fingerprint density at radius 1 is 1.33 bits per heavy atom. The zero-order valence-corrected chi connectivity index (χ0v) is 11.2. The van der Waals surface area contributed by atoms with Crippen molar-refractivity contribution in [3.05, 3.63) is 40.4 Å². The Morgan fingerprint density at radius 3 is 2.78 bits per heavy atom. The number of carbonyl (C=O) groups excluding carboxylic acids is 1. The Balaban J connectivity index is 1.72. The van der Waals surface area contributed by atoms with Crippen LogP contribution in [0, 0.1) is 0 Å². The average Bonchev–Trinajstić information content (AvgIpc) is 2.84. The number of aryl methyl sites for hydroxylation is 1. The number of hydrogen-bond acceptors (Lipinski definition) is 4. The maximum Gasteiger partial charge on any atom is 0.226 e. The molecule has 4 nitrogen and oxygen atoms in total. The van der Waals surface area contributed by atoms with Crippen molar-refractivity contribution in [2.75, 3.05) is 5.32 Å². The maximum atomic E-state index is 11.6. The summed E-state index contributed by atoms with van der Waals surface area (Å²) in [5.74, 6) is -0.0271. The number of nitrogens with zero attached hydrogens (tertiary/aromatic N) is 2. The van der Waals surface area contributed by atoms with Crippen molar-refractivity contribution in [2.45, 2.75) is 19.3 Å². The number of amides is 1. The molecule has 0 fully saturated rings. The average molecular weight is 282 g/mol. The second-order valence-corrected chi connectivity index (χ2v) is 5.04. The van der Waals surface area contributed by atoms with Crippen molar-refractivity contribution in [1.29, 1.82) is 0 Å². The molecule has 0 unspecified atom stereocenters. The predicted octanol–water partition coefficient (Wildman–Crippen LogP) is 3.15.